The summed E-state index contributed by atoms with van der Waals surface area (Å²) in [5.74, 6) is 0.267. The van der Waals surface area contributed by atoms with E-state index in [4.69, 9.17) is 0 Å². The number of hydrogen-bond donors (Lipinski definition) is 0. The Kier molecular flexibility index (Phi) is 2.93. The van der Waals surface area contributed by atoms with Crippen LogP contribution in [0, 0.1) is 0 Å². The molecule has 0 saturated carbocycles. The first kappa shape index (κ1) is 17.4. The largest absolute Gasteiger partial charge is 0.417 e. The Bertz CT molecular complexity index is 1730. The molecule has 0 fully saturated rings. The second-order valence-corrected chi connectivity index (χ2v) is 10.1. The van der Waals surface area contributed by atoms with Crippen LogP contribution in [0.15, 0.2) is 103 Å². The lowest BCUT2D eigenvalue weighted by molar-refractivity contribution is -0.968. The van der Waals surface area contributed by atoms with Gasteiger partial charge in [-0.05, 0) is 58.4 Å². The minimum Gasteiger partial charge on any atom is -0.129 e. The van der Waals surface area contributed by atoms with Gasteiger partial charge < -0.3 is 0 Å². The van der Waals surface area contributed by atoms with Gasteiger partial charge in [-0.15, -0.1) is 9.13 Å². The molecule has 1 spiro atoms. The SMILES string of the molecule is c1ccc2c(c1)Cc1ccc3c4c1C2c1cccc[n+]1C41c2c(cccc2-c2cccc[n+]21)C3. The molecule has 3 aromatic carbocycles. The summed E-state index contributed by atoms with van der Waals surface area (Å²) in [7, 11) is 0. The molecule has 0 radical (unpaired) electrons. The van der Waals surface area contributed by atoms with E-state index in [-0.39, 0.29) is 11.6 Å². The number of rotatable bonds is 0. The van der Waals surface area contributed by atoms with Gasteiger partial charge >= 0.3 is 5.66 Å². The van der Waals surface area contributed by atoms with Crippen molar-refractivity contribution in [1.29, 1.82) is 0 Å². The van der Waals surface area contributed by atoms with Gasteiger partial charge in [0.25, 0.3) is 0 Å². The van der Waals surface area contributed by atoms with Crippen molar-refractivity contribution in [2.45, 2.75) is 24.4 Å². The van der Waals surface area contributed by atoms with E-state index in [9.17, 15) is 0 Å². The summed E-state index contributed by atoms with van der Waals surface area (Å²) in [6.07, 6.45) is 6.64. The van der Waals surface area contributed by atoms with Gasteiger partial charge in [-0.3, -0.25) is 0 Å². The predicted molar refractivity (Wildman–Crippen MR) is 130 cm³/mol. The fourth-order valence-corrected chi connectivity index (χ4v) is 7.63. The molecule has 2 aliphatic carbocycles. The zero-order chi connectivity index (χ0) is 22.0. The van der Waals surface area contributed by atoms with Crippen LogP contribution in [0.5, 0.6) is 0 Å². The maximum absolute atomic E-state index is 2.60. The van der Waals surface area contributed by atoms with E-state index in [0.29, 0.717) is 0 Å². The van der Waals surface area contributed by atoms with E-state index < -0.39 is 0 Å². The smallest absolute Gasteiger partial charge is 0.129 e. The molecule has 9 rings (SSSR count). The normalized spacial score (nSPS) is 21.1. The van der Waals surface area contributed by atoms with Crippen LogP contribution in [-0.2, 0) is 18.5 Å². The molecular formula is C32H22N2+2. The Hall–Kier alpha value is -4.04. The van der Waals surface area contributed by atoms with Crippen LogP contribution in [0.4, 0.5) is 0 Å². The Morgan fingerprint density at radius 1 is 0.588 bits per heavy atom. The molecular weight excluding hydrogens is 412 g/mol. The third-order valence-corrected chi connectivity index (χ3v) is 8.71. The summed E-state index contributed by atoms with van der Waals surface area (Å²) in [5.41, 5.74) is 15.6. The molecule has 34 heavy (non-hydrogen) atoms. The molecule has 4 aliphatic rings. The second kappa shape index (κ2) is 5.71. The van der Waals surface area contributed by atoms with E-state index in [1.54, 1.807) is 5.56 Å². The van der Waals surface area contributed by atoms with Gasteiger partial charge in [-0.2, -0.15) is 0 Å². The van der Waals surface area contributed by atoms with Gasteiger partial charge in [-0.25, -0.2) is 0 Å². The van der Waals surface area contributed by atoms with Crippen molar-refractivity contribution in [1.82, 2.24) is 0 Å². The first-order chi connectivity index (χ1) is 16.9. The Balaban J connectivity index is 1.54. The molecule has 0 saturated heterocycles. The Morgan fingerprint density at radius 3 is 2.29 bits per heavy atom. The zero-order valence-corrected chi connectivity index (χ0v) is 18.7. The van der Waals surface area contributed by atoms with Crippen molar-refractivity contribution < 1.29 is 9.13 Å². The van der Waals surface area contributed by atoms with E-state index in [2.05, 4.69) is 113 Å². The van der Waals surface area contributed by atoms with Crippen LogP contribution < -0.4 is 9.13 Å². The second-order valence-electron chi connectivity index (χ2n) is 10.1. The molecule has 0 amide bonds. The average Bonchev–Trinajstić information content (AvgIpc) is 3.19. The van der Waals surface area contributed by atoms with Crippen LogP contribution in [0.3, 0.4) is 0 Å². The Morgan fingerprint density at radius 2 is 1.32 bits per heavy atom. The molecule has 0 N–H and O–H groups in total. The highest BCUT2D eigenvalue weighted by Gasteiger charge is 2.69. The first-order valence-electron chi connectivity index (χ1n) is 12.3. The van der Waals surface area contributed by atoms with Gasteiger partial charge in [0.05, 0.1) is 11.5 Å². The molecule has 2 atom stereocenters. The van der Waals surface area contributed by atoms with Crippen LogP contribution in [0.25, 0.3) is 11.3 Å². The zero-order valence-electron chi connectivity index (χ0n) is 18.7. The number of pyridine rings is 2. The summed E-state index contributed by atoms with van der Waals surface area (Å²) >= 11 is 0. The van der Waals surface area contributed by atoms with Gasteiger partial charge in [-0.1, -0.05) is 54.6 Å². The number of benzene rings is 3. The quantitative estimate of drug-likeness (QED) is 0.302. The van der Waals surface area contributed by atoms with Gasteiger partial charge in [0.15, 0.2) is 12.4 Å². The van der Waals surface area contributed by atoms with Crippen molar-refractivity contribution in [3.63, 3.8) is 0 Å². The molecule has 2 heteroatoms. The average molecular weight is 435 g/mol. The van der Waals surface area contributed by atoms with Crippen LogP contribution >= 0.6 is 0 Å². The molecule has 158 valence electrons. The monoisotopic (exact) mass is 434 g/mol. The van der Waals surface area contributed by atoms with Gasteiger partial charge in [0.1, 0.15) is 11.1 Å². The standard InChI is InChI=1S/C32H22N2/c1-2-10-24-20(8-1)18-21-14-15-23-19-22-9-7-11-25-26-12-3-5-16-33(26)32(30(22)25)31(23)28(21)29(24)27-13-4-6-17-34(27)32/h1-17,29H,18-19H2/q+2. The Labute approximate surface area is 198 Å². The summed E-state index contributed by atoms with van der Waals surface area (Å²) in [6, 6.07) is 34.3. The maximum atomic E-state index is 2.60. The van der Waals surface area contributed by atoms with Crippen molar-refractivity contribution in [2.75, 3.05) is 0 Å². The maximum Gasteiger partial charge on any atom is 0.417 e. The van der Waals surface area contributed by atoms with E-state index >= 15 is 0 Å². The van der Waals surface area contributed by atoms with Crippen molar-refractivity contribution in [3.05, 3.63) is 154 Å². The highest BCUT2D eigenvalue weighted by atomic mass is 15.3. The number of fused-ring (bicyclic) bond motifs is 6. The molecule has 2 aromatic heterocycles. The summed E-state index contributed by atoms with van der Waals surface area (Å²) in [5, 5.41) is 0. The highest BCUT2D eigenvalue weighted by molar-refractivity contribution is 5.74. The van der Waals surface area contributed by atoms with Crippen molar-refractivity contribution in [3.8, 4) is 11.3 Å². The molecule has 5 aromatic rings. The third-order valence-electron chi connectivity index (χ3n) is 8.71. The van der Waals surface area contributed by atoms with Gasteiger partial charge in [0.2, 0.25) is 11.4 Å². The number of hydrogen-bond acceptors (Lipinski definition) is 0. The topological polar surface area (TPSA) is 7.76 Å². The lowest BCUT2D eigenvalue weighted by Gasteiger charge is -2.40. The first-order valence-corrected chi connectivity index (χ1v) is 12.3. The van der Waals surface area contributed by atoms with Crippen LogP contribution in [0.1, 0.15) is 56.1 Å². The lowest BCUT2D eigenvalue weighted by atomic mass is 9.64. The molecule has 2 unspecified atom stereocenters. The molecule has 2 nitrogen and oxygen atoms in total. The number of nitrogens with zero attached hydrogens (tertiary/aromatic N) is 2. The minimum absolute atomic E-state index is 0.267. The highest BCUT2D eigenvalue weighted by Crippen LogP contribution is 2.55. The predicted octanol–water partition coefficient (Wildman–Crippen LogP) is 4.84. The van der Waals surface area contributed by atoms with Gasteiger partial charge in [0, 0.05) is 24.3 Å². The fraction of sp³-hybridized carbons (Fsp3) is 0.125. The van der Waals surface area contributed by atoms with Crippen LogP contribution in [-0.4, -0.2) is 0 Å². The lowest BCUT2D eigenvalue weighted by Crippen LogP contribution is -2.77. The summed E-state index contributed by atoms with van der Waals surface area (Å²) in [6.45, 7) is 0. The molecule has 0 bridgehead atoms. The minimum atomic E-state index is -0.374. The number of aromatic nitrogens is 2. The van der Waals surface area contributed by atoms with E-state index in [1.165, 1.54) is 55.9 Å². The molecule has 2 aliphatic heterocycles. The van der Waals surface area contributed by atoms with Crippen LogP contribution in [0.2, 0.25) is 0 Å². The summed E-state index contributed by atoms with van der Waals surface area (Å²) < 4.78 is 5.16. The van der Waals surface area contributed by atoms with Crippen molar-refractivity contribution in [2.24, 2.45) is 0 Å². The van der Waals surface area contributed by atoms with Crippen molar-refractivity contribution >= 4 is 0 Å². The third kappa shape index (κ3) is 1.74. The fourth-order valence-electron chi connectivity index (χ4n) is 7.63. The van der Waals surface area contributed by atoms with E-state index in [1.807, 2.05) is 0 Å². The summed E-state index contributed by atoms with van der Waals surface area (Å²) in [4.78, 5) is 0. The molecule has 4 heterocycles. The van der Waals surface area contributed by atoms with E-state index in [0.717, 1.165) is 12.8 Å².